The summed E-state index contributed by atoms with van der Waals surface area (Å²) >= 11 is 0. The molecular weight excluding hydrogens is 752 g/mol. The van der Waals surface area contributed by atoms with Crippen LogP contribution in [0.5, 0.6) is 5.75 Å². The van der Waals surface area contributed by atoms with Gasteiger partial charge in [0, 0.05) is 30.1 Å². The first-order valence-electron chi connectivity index (χ1n) is 19.0. The molecule has 0 saturated carbocycles. The summed E-state index contributed by atoms with van der Waals surface area (Å²) in [5.74, 6) is -1.20. The molecule has 3 N–H and O–H groups in total. The highest BCUT2D eigenvalue weighted by Gasteiger charge is 2.45. The molecule has 0 aliphatic heterocycles. The van der Waals surface area contributed by atoms with Gasteiger partial charge in [-0.05, 0) is 85.3 Å². The van der Waals surface area contributed by atoms with Crippen LogP contribution in [0.1, 0.15) is 103 Å². The second kappa shape index (κ2) is 18.6. The Hall–Kier alpha value is -5.60. The van der Waals surface area contributed by atoms with Crippen LogP contribution in [0, 0.1) is 27.3 Å². The second-order valence-electron chi connectivity index (χ2n) is 15.6. The van der Waals surface area contributed by atoms with Crippen LogP contribution in [0.2, 0.25) is 16.6 Å². The average Bonchev–Trinajstić information content (AvgIpc) is 3.53. The van der Waals surface area contributed by atoms with E-state index in [1.165, 1.54) is 24.4 Å². The molecule has 4 rings (SSSR count). The monoisotopic (exact) mass is 804 g/mol. The number of hydrogen-bond acceptors (Lipinski definition) is 11. The lowest BCUT2D eigenvalue weighted by molar-refractivity contribution is -0.385. The van der Waals surface area contributed by atoms with E-state index in [1.807, 2.05) is 6.92 Å². The lowest BCUT2D eigenvalue weighted by Crippen LogP contribution is -2.48. The summed E-state index contributed by atoms with van der Waals surface area (Å²) in [7, 11) is -2.22. The van der Waals surface area contributed by atoms with E-state index in [0.717, 1.165) is 4.68 Å². The molecule has 0 aliphatic rings. The number of nitrogens with one attached hydrogen (secondary N) is 3. The number of alkyl carbamates (subject to hydrolysis) is 1. The summed E-state index contributed by atoms with van der Waals surface area (Å²) < 4.78 is 35.7. The van der Waals surface area contributed by atoms with Crippen LogP contribution in [0.3, 0.4) is 0 Å². The first-order valence-corrected chi connectivity index (χ1v) is 21.1. The van der Waals surface area contributed by atoms with Gasteiger partial charge in [-0.15, -0.1) is 5.10 Å². The average molecular weight is 805 g/mol. The highest BCUT2D eigenvalue weighted by atomic mass is 28.4. The number of aromatic nitrogens is 4. The molecule has 57 heavy (non-hydrogen) atoms. The van der Waals surface area contributed by atoms with Crippen molar-refractivity contribution in [3.8, 4) is 17.6 Å². The number of nitro groups is 1. The fourth-order valence-corrected chi connectivity index (χ4v) is 12.7. The number of pyridine rings is 1. The molecule has 0 bridgehead atoms. The summed E-state index contributed by atoms with van der Waals surface area (Å²) in [5, 5.41) is 32.0. The number of rotatable bonds is 17. The van der Waals surface area contributed by atoms with Crippen molar-refractivity contribution in [2.75, 3.05) is 18.5 Å². The van der Waals surface area contributed by atoms with Crippen molar-refractivity contribution in [3.63, 3.8) is 0 Å². The molecule has 2 aromatic carbocycles. The van der Waals surface area contributed by atoms with E-state index in [4.69, 9.17) is 13.9 Å². The summed E-state index contributed by atoms with van der Waals surface area (Å²) in [6.45, 7) is 20.5. The predicted octanol–water partition coefficient (Wildman–Crippen LogP) is 8.23. The molecule has 17 heteroatoms. The van der Waals surface area contributed by atoms with Gasteiger partial charge < -0.3 is 24.5 Å². The Balaban J connectivity index is 1.79. The number of anilines is 1. The number of ether oxygens (including phenoxy) is 2. The summed E-state index contributed by atoms with van der Waals surface area (Å²) in [6, 6.07) is 11.4. The number of aromatic amines is 1. The Bertz CT molecular complexity index is 2130. The molecule has 306 valence electrons. The molecule has 0 aliphatic carbocycles. The largest absolute Gasteiger partial charge is 0.488 e. The maximum Gasteiger partial charge on any atom is 0.407 e. The summed E-state index contributed by atoms with van der Waals surface area (Å²) in [4.78, 5) is 43.7. The second-order valence-corrected chi connectivity index (χ2v) is 21.1. The molecule has 0 radical (unpaired) electrons. The summed E-state index contributed by atoms with van der Waals surface area (Å²) in [6.07, 6.45) is 1.10. The van der Waals surface area contributed by atoms with Crippen molar-refractivity contribution in [3.05, 3.63) is 103 Å². The number of nitrogens with zero attached hydrogens (tertiary/aromatic N) is 5. The number of amides is 1. The maximum atomic E-state index is 16.9. The van der Waals surface area contributed by atoms with E-state index in [1.54, 1.807) is 45.0 Å². The Morgan fingerprint density at radius 2 is 1.77 bits per heavy atom. The standard InChI is InChI=1S/C40H53FN8O7Si/c1-11-27-19-31(34(41)33(20-27)54-17-18-55-57(24(2)3,25(4)5)26(6)7)35(36-46-38(50)48(47-36)37-32(49(52)53)13-12-16-43-37)45-30-15-14-28(22-42)29(21-30)23-44-39(51)56-40(8,9)10/h12-16,19-21,24-26,35,45H,11,17-18,23H2,1-10H3,(H,44,51)(H,46,47,50). The number of carbonyl (C=O) groups excluding carboxylic acids is 1. The molecule has 1 atom stereocenters. The van der Waals surface area contributed by atoms with E-state index >= 15 is 4.39 Å². The van der Waals surface area contributed by atoms with Gasteiger partial charge in [0.25, 0.3) is 0 Å². The summed E-state index contributed by atoms with van der Waals surface area (Å²) in [5.41, 5.74) is 0.809. The minimum Gasteiger partial charge on any atom is -0.488 e. The Morgan fingerprint density at radius 1 is 1.09 bits per heavy atom. The minimum atomic E-state index is -2.22. The quantitative estimate of drug-likeness (QED) is 0.0402. The van der Waals surface area contributed by atoms with Crippen molar-refractivity contribution >= 4 is 25.8 Å². The Kier molecular flexibility index (Phi) is 14.4. The van der Waals surface area contributed by atoms with Gasteiger partial charge in [-0.2, -0.15) is 9.94 Å². The van der Waals surface area contributed by atoms with Crippen molar-refractivity contribution in [2.45, 2.75) is 110 Å². The van der Waals surface area contributed by atoms with Gasteiger partial charge in [0.2, 0.25) is 5.82 Å². The highest BCUT2D eigenvalue weighted by molar-refractivity contribution is 6.77. The van der Waals surface area contributed by atoms with E-state index < -0.39 is 48.2 Å². The van der Waals surface area contributed by atoms with Gasteiger partial charge in [-0.25, -0.2) is 19.0 Å². The Morgan fingerprint density at radius 3 is 2.37 bits per heavy atom. The number of benzene rings is 2. The third-order valence-electron chi connectivity index (χ3n) is 9.68. The normalized spacial score (nSPS) is 12.4. The minimum absolute atomic E-state index is 0.0325. The highest BCUT2D eigenvalue weighted by Crippen LogP contribution is 2.42. The number of nitriles is 1. The Labute approximate surface area is 333 Å². The topological polar surface area (TPSA) is 199 Å². The molecule has 1 unspecified atom stereocenters. The number of carbonyl (C=O) groups is 1. The van der Waals surface area contributed by atoms with Crippen molar-refractivity contribution in [2.24, 2.45) is 0 Å². The molecule has 0 spiro atoms. The predicted molar refractivity (Wildman–Crippen MR) is 217 cm³/mol. The molecule has 2 aromatic heterocycles. The fourth-order valence-electron chi connectivity index (χ4n) is 7.26. The van der Waals surface area contributed by atoms with Crippen LogP contribution in [-0.4, -0.2) is 57.9 Å². The zero-order valence-electron chi connectivity index (χ0n) is 34.2. The fraction of sp³-hybridized carbons (Fsp3) is 0.475. The molecular formula is C40H53FN8O7Si. The van der Waals surface area contributed by atoms with E-state index in [-0.39, 0.29) is 48.3 Å². The SMILES string of the molecule is CCc1cc(OCCO[Si](C(C)C)(C(C)C)C(C)C)c(F)c(C(Nc2ccc(C#N)c(CNC(=O)OC(C)(C)C)c2)c2nn(-c3ncccc3[N+](=O)[O-])c(=O)[nH]2)c1. The van der Waals surface area contributed by atoms with Gasteiger partial charge in [0.1, 0.15) is 18.2 Å². The molecule has 0 fully saturated rings. The van der Waals surface area contributed by atoms with Gasteiger partial charge in [0.15, 0.2) is 25.7 Å². The lowest BCUT2D eigenvalue weighted by atomic mass is 9.99. The number of hydrogen-bond donors (Lipinski definition) is 3. The molecule has 15 nitrogen and oxygen atoms in total. The zero-order chi connectivity index (χ0) is 42.2. The van der Waals surface area contributed by atoms with E-state index in [9.17, 15) is 25.0 Å². The van der Waals surface area contributed by atoms with Gasteiger partial charge in [-0.3, -0.25) is 15.1 Å². The van der Waals surface area contributed by atoms with E-state index in [2.05, 4.69) is 73.3 Å². The molecule has 2 heterocycles. The molecule has 0 saturated heterocycles. The van der Waals surface area contributed by atoms with Crippen LogP contribution >= 0.6 is 0 Å². The lowest BCUT2D eigenvalue weighted by Gasteiger charge is -2.42. The number of H-pyrrole nitrogens is 1. The zero-order valence-corrected chi connectivity index (χ0v) is 35.2. The maximum absolute atomic E-state index is 16.9. The van der Waals surface area contributed by atoms with E-state index in [0.29, 0.717) is 39.9 Å². The number of halogens is 1. The molecule has 1 amide bonds. The van der Waals surface area contributed by atoms with Crippen LogP contribution < -0.4 is 21.1 Å². The smallest absolute Gasteiger partial charge is 0.407 e. The van der Waals surface area contributed by atoms with Crippen LogP contribution in [0.4, 0.5) is 20.6 Å². The van der Waals surface area contributed by atoms with Gasteiger partial charge >= 0.3 is 17.5 Å². The van der Waals surface area contributed by atoms with Gasteiger partial charge in [0.05, 0.1) is 23.2 Å². The first kappa shape index (κ1) is 44.1. The first-order chi connectivity index (χ1) is 26.8. The van der Waals surface area contributed by atoms with Gasteiger partial charge in [-0.1, -0.05) is 54.5 Å². The third-order valence-corrected chi connectivity index (χ3v) is 15.8. The van der Waals surface area contributed by atoms with Crippen molar-refractivity contribution in [1.29, 1.82) is 5.26 Å². The third kappa shape index (κ3) is 10.4. The van der Waals surface area contributed by atoms with Crippen LogP contribution in [0.25, 0.3) is 5.82 Å². The van der Waals surface area contributed by atoms with Crippen molar-refractivity contribution in [1.82, 2.24) is 25.1 Å². The number of aryl methyl sites for hydroxylation is 1. The molecule has 4 aromatic rings. The van der Waals surface area contributed by atoms with Crippen molar-refractivity contribution < 1.29 is 28.0 Å². The van der Waals surface area contributed by atoms with Crippen LogP contribution in [0.15, 0.2) is 53.5 Å². The van der Waals surface area contributed by atoms with Crippen LogP contribution in [-0.2, 0) is 22.1 Å².